The number of carbonyl (C=O) groups excluding carboxylic acids is 1. The fourth-order valence-electron chi connectivity index (χ4n) is 2.20. The fraction of sp³-hybridized carbons (Fsp3) is 0.385. The molecule has 2 atom stereocenters. The molecule has 0 aliphatic heterocycles. The first-order valence-corrected chi connectivity index (χ1v) is 5.31. The van der Waals surface area contributed by atoms with Gasteiger partial charge in [-0.25, -0.2) is 0 Å². The minimum Gasteiger partial charge on any atom is -0.298 e. The SMILES string of the molecule is N#CC1CCCC(c2ccccc2)C1=O. The molecule has 0 radical (unpaired) electrons. The zero-order valence-electron chi connectivity index (χ0n) is 8.52. The Morgan fingerprint density at radius 1 is 1.20 bits per heavy atom. The molecule has 2 rings (SSSR count). The highest BCUT2D eigenvalue weighted by atomic mass is 16.1. The maximum atomic E-state index is 11.9. The van der Waals surface area contributed by atoms with Crippen molar-refractivity contribution in [2.45, 2.75) is 25.2 Å². The Kier molecular flexibility index (Phi) is 2.82. The average molecular weight is 199 g/mol. The van der Waals surface area contributed by atoms with E-state index in [1.807, 2.05) is 30.3 Å². The fourth-order valence-corrected chi connectivity index (χ4v) is 2.20. The zero-order chi connectivity index (χ0) is 10.7. The van der Waals surface area contributed by atoms with Crippen molar-refractivity contribution < 1.29 is 4.79 Å². The lowest BCUT2D eigenvalue weighted by Gasteiger charge is -2.24. The van der Waals surface area contributed by atoms with Crippen LogP contribution in [0.1, 0.15) is 30.7 Å². The maximum absolute atomic E-state index is 11.9. The van der Waals surface area contributed by atoms with Gasteiger partial charge in [-0.15, -0.1) is 0 Å². The van der Waals surface area contributed by atoms with Crippen molar-refractivity contribution in [3.8, 4) is 6.07 Å². The van der Waals surface area contributed by atoms with E-state index < -0.39 is 0 Å². The first kappa shape index (κ1) is 9.92. The third-order valence-corrected chi connectivity index (χ3v) is 3.03. The standard InChI is InChI=1S/C13H13NO/c14-9-11-7-4-8-12(13(11)15)10-5-2-1-3-6-10/h1-3,5-6,11-12H,4,7-8H2. The monoisotopic (exact) mass is 199 g/mol. The lowest BCUT2D eigenvalue weighted by Crippen LogP contribution is -2.25. The number of Topliss-reactive ketones (excluding diaryl/α,β-unsaturated/α-hetero) is 1. The number of carbonyl (C=O) groups is 1. The van der Waals surface area contributed by atoms with Crippen LogP contribution in [-0.4, -0.2) is 5.78 Å². The predicted octanol–water partition coefficient (Wildman–Crippen LogP) is 2.66. The van der Waals surface area contributed by atoms with E-state index in [-0.39, 0.29) is 17.6 Å². The molecule has 1 aromatic rings. The van der Waals surface area contributed by atoms with Crippen LogP contribution in [0.2, 0.25) is 0 Å². The van der Waals surface area contributed by atoms with E-state index in [0.29, 0.717) is 0 Å². The lowest BCUT2D eigenvalue weighted by atomic mass is 9.77. The van der Waals surface area contributed by atoms with Crippen LogP contribution in [0.15, 0.2) is 30.3 Å². The Labute approximate surface area is 89.5 Å². The molecule has 0 bridgehead atoms. The number of hydrogen-bond acceptors (Lipinski definition) is 2. The van der Waals surface area contributed by atoms with Gasteiger partial charge in [-0.05, 0) is 18.4 Å². The summed E-state index contributed by atoms with van der Waals surface area (Å²) in [7, 11) is 0. The van der Waals surface area contributed by atoms with Crippen LogP contribution >= 0.6 is 0 Å². The van der Waals surface area contributed by atoms with Gasteiger partial charge in [-0.1, -0.05) is 36.8 Å². The van der Waals surface area contributed by atoms with Gasteiger partial charge in [0.05, 0.1) is 6.07 Å². The van der Waals surface area contributed by atoms with Crippen molar-refractivity contribution in [2.75, 3.05) is 0 Å². The summed E-state index contributed by atoms with van der Waals surface area (Å²) >= 11 is 0. The van der Waals surface area contributed by atoms with Gasteiger partial charge in [0.15, 0.2) is 5.78 Å². The first-order valence-electron chi connectivity index (χ1n) is 5.31. The van der Waals surface area contributed by atoms with Crippen LogP contribution in [0.3, 0.4) is 0 Å². The minimum absolute atomic E-state index is 0.0513. The smallest absolute Gasteiger partial charge is 0.157 e. The molecule has 15 heavy (non-hydrogen) atoms. The topological polar surface area (TPSA) is 40.9 Å². The van der Waals surface area contributed by atoms with Crippen molar-refractivity contribution in [3.63, 3.8) is 0 Å². The van der Waals surface area contributed by atoms with Crippen LogP contribution in [0.4, 0.5) is 0 Å². The number of nitrogens with zero attached hydrogens (tertiary/aromatic N) is 1. The van der Waals surface area contributed by atoms with E-state index in [1.54, 1.807) is 0 Å². The third-order valence-electron chi connectivity index (χ3n) is 3.03. The summed E-state index contributed by atoms with van der Waals surface area (Å²) in [5.74, 6) is -0.330. The number of hydrogen-bond donors (Lipinski definition) is 0. The molecule has 1 aliphatic carbocycles. The molecule has 2 heteroatoms. The van der Waals surface area contributed by atoms with Gasteiger partial charge in [-0.3, -0.25) is 4.79 Å². The van der Waals surface area contributed by atoms with Crippen molar-refractivity contribution in [3.05, 3.63) is 35.9 Å². The van der Waals surface area contributed by atoms with Gasteiger partial charge < -0.3 is 0 Å². The molecule has 1 saturated carbocycles. The molecule has 0 aromatic heterocycles. The Morgan fingerprint density at radius 2 is 1.93 bits per heavy atom. The number of benzene rings is 1. The van der Waals surface area contributed by atoms with Gasteiger partial charge in [0, 0.05) is 5.92 Å². The van der Waals surface area contributed by atoms with E-state index in [0.717, 1.165) is 24.8 Å². The van der Waals surface area contributed by atoms with Gasteiger partial charge in [-0.2, -0.15) is 5.26 Å². The Hall–Kier alpha value is -1.62. The Balaban J connectivity index is 2.24. The zero-order valence-corrected chi connectivity index (χ0v) is 8.52. The van der Waals surface area contributed by atoms with E-state index in [1.165, 1.54) is 0 Å². The second-order valence-electron chi connectivity index (χ2n) is 3.98. The van der Waals surface area contributed by atoms with Crippen molar-refractivity contribution in [2.24, 2.45) is 5.92 Å². The molecule has 0 spiro atoms. The van der Waals surface area contributed by atoms with Crippen LogP contribution in [0, 0.1) is 17.2 Å². The van der Waals surface area contributed by atoms with E-state index >= 15 is 0 Å². The summed E-state index contributed by atoms with van der Waals surface area (Å²) < 4.78 is 0. The van der Waals surface area contributed by atoms with Gasteiger partial charge >= 0.3 is 0 Å². The normalized spacial score (nSPS) is 25.9. The highest BCUT2D eigenvalue weighted by molar-refractivity contribution is 5.90. The molecule has 0 N–H and O–H groups in total. The summed E-state index contributed by atoms with van der Waals surface area (Å²) in [6, 6.07) is 11.9. The summed E-state index contributed by atoms with van der Waals surface area (Å²) in [5.41, 5.74) is 1.06. The summed E-state index contributed by atoms with van der Waals surface area (Å²) in [4.78, 5) is 11.9. The molecule has 0 amide bonds. The Morgan fingerprint density at radius 3 is 2.60 bits per heavy atom. The molecule has 2 nitrogen and oxygen atoms in total. The second kappa shape index (κ2) is 4.27. The molecule has 0 heterocycles. The van der Waals surface area contributed by atoms with Crippen molar-refractivity contribution >= 4 is 5.78 Å². The molecule has 0 saturated heterocycles. The summed E-state index contributed by atoms with van der Waals surface area (Å²) in [6.07, 6.45) is 2.60. The molecule has 1 aromatic carbocycles. The molecular formula is C13H13NO. The molecule has 76 valence electrons. The van der Waals surface area contributed by atoms with Crippen LogP contribution in [0.5, 0.6) is 0 Å². The van der Waals surface area contributed by atoms with Crippen LogP contribution < -0.4 is 0 Å². The molecule has 1 aliphatic rings. The largest absolute Gasteiger partial charge is 0.298 e. The second-order valence-corrected chi connectivity index (χ2v) is 3.98. The van der Waals surface area contributed by atoms with Gasteiger partial charge in [0.2, 0.25) is 0 Å². The molecule has 2 unspecified atom stereocenters. The third kappa shape index (κ3) is 1.92. The number of ketones is 1. The van der Waals surface area contributed by atoms with E-state index in [9.17, 15) is 4.79 Å². The maximum Gasteiger partial charge on any atom is 0.157 e. The summed E-state index contributed by atoms with van der Waals surface area (Å²) in [5, 5.41) is 8.86. The highest BCUT2D eigenvalue weighted by Crippen LogP contribution is 2.32. The van der Waals surface area contributed by atoms with Crippen molar-refractivity contribution in [1.82, 2.24) is 0 Å². The van der Waals surface area contributed by atoms with Gasteiger partial charge in [0.25, 0.3) is 0 Å². The predicted molar refractivity (Wildman–Crippen MR) is 57.1 cm³/mol. The lowest BCUT2D eigenvalue weighted by molar-refractivity contribution is -0.124. The first-order chi connectivity index (χ1) is 7.33. The molecular weight excluding hydrogens is 186 g/mol. The average Bonchev–Trinajstić information content (AvgIpc) is 2.30. The molecule has 1 fully saturated rings. The summed E-state index contributed by atoms with van der Waals surface area (Å²) in [6.45, 7) is 0. The van der Waals surface area contributed by atoms with Crippen LogP contribution in [-0.2, 0) is 4.79 Å². The van der Waals surface area contributed by atoms with Crippen molar-refractivity contribution in [1.29, 1.82) is 5.26 Å². The van der Waals surface area contributed by atoms with Crippen LogP contribution in [0.25, 0.3) is 0 Å². The van der Waals surface area contributed by atoms with E-state index in [4.69, 9.17) is 5.26 Å². The highest BCUT2D eigenvalue weighted by Gasteiger charge is 2.31. The number of nitriles is 1. The minimum atomic E-state index is -0.385. The van der Waals surface area contributed by atoms with Gasteiger partial charge in [0.1, 0.15) is 5.92 Å². The Bertz CT molecular complexity index is 391. The van der Waals surface area contributed by atoms with E-state index in [2.05, 4.69) is 6.07 Å². The quantitative estimate of drug-likeness (QED) is 0.697. The number of rotatable bonds is 1.